The van der Waals surface area contributed by atoms with Gasteiger partial charge in [0.25, 0.3) is 0 Å². The monoisotopic (exact) mass is 228 g/mol. The molecule has 0 heterocycles. The number of esters is 1. The van der Waals surface area contributed by atoms with Crippen molar-refractivity contribution in [3.63, 3.8) is 0 Å². The standard InChI is InChI=1S/C12H24O2Si/c1-8-9-10(15(5,6)7)11(13)14-12(2,3)4/h8-10H,1-7H3/b9-8+. The lowest BCUT2D eigenvalue weighted by molar-refractivity contribution is -0.153. The van der Waals surface area contributed by atoms with Gasteiger partial charge < -0.3 is 4.74 Å². The number of ether oxygens (including phenoxy) is 1. The number of hydrogen-bond donors (Lipinski definition) is 0. The second kappa shape index (κ2) is 4.97. The highest BCUT2D eigenvalue weighted by atomic mass is 28.3. The van der Waals surface area contributed by atoms with Crippen LogP contribution < -0.4 is 0 Å². The second-order valence-corrected chi connectivity index (χ2v) is 11.3. The van der Waals surface area contributed by atoms with Crippen LogP contribution in [0.25, 0.3) is 0 Å². The summed E-state index contributed by atoms with van der Waals surface area (Å²) in [5, 5.41) is 0. The zero-order chi connectivity index (χ0) is 12.3. The predicted molar refractivity (Wildman–Crippen MR) is 67.8 cm³/mol. The highest BCUT2D eigenvalue weighted by Gasteiger charge is 2.33. The average molecular weight is 228 g/mol. The molecule has 0 spiro atoms. The lowest BCUT2D eigenvalue weighted by atomic mass is 10.2. The van der Waals surface area contributed by atoms with Gasteiger partial charge in [0.1, 0.15) is 5.60 Å². The summed E-state index contributed by atoms with van der Waals surface area (Å²) in [5.74, 6) is -0.0835. The van der Waals surface area contributed by atoms with E-state index in [9.17, 15) is 4.79 Å². The largest absolute Gasteiger partial charge is 0.460 e. The maximum absolute atomic E-state index is 12.0. The summed E-state index contributed by atoms with van der Waals surface area (Å²) >= 11 is 0. The Hall–Kier alpha value is -0.573. The van der Waals surface area contributed by atoms with Gasteiger partial charge in [-0.15, -0.1) is 0 Å². The Kier molecular flexibility index (Phi) is 4.78. The van der Waals surface area contributed by atoms with Crippen LogP contribution in [0.15, 0.2) is 12.2 Å². The summed E-state index contributed by atoms with van der Waals surface area (Å²) in [4.78, 5) is 12.0. The zero-order valence-electron chi connectivity index (χ0n) is 11.0. The Morgan fingerprint density at radius 1 is 1.27 bits per heavy atom. The van der Waals surface area contributed by atoms with Gasteiger partial charge in [-0.3, -0.25) is 4.79 Å². The first-order valence-corrected chi connectivity index (χ1v) is 9.01. The van der Waals surface area contributed by atoms with Crippen molar-refractivity contribution in [1.29, 1.82) is 0 Å². The van der Waals surface area contributed by atoms with Gasteiger partial charge in [-0.25, -0.2) is 0 Å². The number of carbonyl (C=O) groups is 1. The van der Waals surface area contributed by atoms with Gasteiger partial charge in [0.15, 0.2) is 0 Å². The Morgan fingerprint density at radius 3 is 2.00 bits per heavy atom. The van der Waals surface area contributed by atoms with Crippen molar-refractivity contribution in [3.05, 3.63) is 12.2 Å². The lowest BCUT2D eigenvalue weighted by Crippen LogP contribution is -2.37. The fourth-order valence-electron chi connectivity index (χ4n) is 1.28. The maximum atomic E-state index is 12.0. The third kappa shape index (κ3) is 5.77. The Morgan fingerprint density at radius 2 is 1.73 bits per heavy atom. The summed E-state index contributed by atoms with van der Waals surface area (Å²) in [6.07, 6.45) is 3.91. The highest BCUT2D eigenvalue weighted by Crippen LogP contribution is 2.26. The first kappa shape index (κ1) is 14.4. The molecule has 0 aromatic rings. The van der Waals surface area contributed by atoms with Crippen molar-refractivity contribution in [3.8, 4) is 0 Å². The summed E-state index contributed by atoms with van der Waals surface area (Å²) in [6.45, 7) is 14.2. The quantitative estimate of drug-likeness (QED) is 0.419. The number of rotatable bonds is 3. The fraction of sp³-hybridized carbons (Fsp3) is 0.750. The van der Waals surface area contributed by atoms with Crippen LogP contribution in [0.1, 0.15) is 27.7 Å². The molecule has 0 aromatic carbocycles. The molecule has 0 aliphatic heterocycles. The molecule has 0 radical (unpaired) electrons. The predicted octanol–water partition coefficient (Wildman–Crippen LogP) is 3.61. The van der Waals surface area contributed by atoms with Gasteiger partial charge in [-0.2, -0.15) is 0 Å². The first-order valence-electron chi connectivity index (χ1n) is 5.43. The van der Waals surface area contributed by atoms with Crippen LogP contribution in [0, 0.1) is 0 Å². The van der Waals surface area contributed by atoms with Crippen molar-refractivity contribution in [1.82, 2.24) is 0 Å². The average Bonchev–Trinajstić information content (AvgIpc) is 1.93. The third-order valence-electron chi connectivity index (χ3n) is 1.98. The summed E-state index contributed by atoms with van der Waals surface area (Å²) in [6, 6.07) is 0. The SMILES string of the molecule is C/C=C/C(C(=O)OC(C)(C)C)[Si](C)(C)C. The molecule has 0 saturated carbocycles. The van der Waals surface area contributed by atoms with E-state index in [1.54, 1.807) is 0 Å². The molecule has 0 rings (SSSR count). The van der Waals surface area contributed by atoms with E-state index in [-0.39, 0.29) is 11.5 Å². The molecule has 0 fully saturated rings. The molecule has 0 N–H and O–H groups in total. The maximum Gasteiger partial charge on any atom is 0.310 e. The molecule has 88 valence electrons. The number of hydrogen-bond acceptors (Lipinski definition) is 2. The van der Waals surface area contributed by atoms with Crippen molar-refractivity contribution in [2.75, 3.05) is 0 Å². The van der Waals surface area contributed by atoms with Crippen LogP contribution in [0.3, 0.4) is 0 Å². The van der Waals surface area contributed by atoms with Crippen molar-refractivity contribution in [2.24, 2.45) is 0 Å². The normalized spacial score (nSPS) is 15.4. The molecule has 0 saturated heterocycles. The molecular weight excluding hydrogens is 204 g/mol. The summed E-state index contributed by atoms with van der Waals surface area (Å²) < 4.78 is 5.42. The Labute approximate surface area is 94.7 Å². The summed E-state index contributed by atoms with van der Waals surface area (Å²) in [5.41, 5.74) is -0.432. The van der Waals surface area contributed by atoms with Gasteiger partial charge in [0.2, 0.25) is 0 Å². The minimum atomic E-state index is -1.53. The van der Waals surface area contributed by atoms with Crippen LogP contribution in [0.4, 0.5) is 0 Å². The number of carbonyl (C=O) groups excluding carboxylic acids is 1. The topological polar surface area (TPSA) is 26.3 Å². The highest BCUT2D eigenvalue weighted by molar-refractivity contribution is 6.80. The van der Waals surface area contributed by atoms with Crippen molar-refractivity contribution < 1.29 is 9.53 Å². The van der Waals surface area contributed by atoms with E-state index in [1.165, 1.54) is 0 Å². The molecular formula is C12H24O2Si. The molecule has 0 amide bonds. The van der Waals surface area contributed by atoms with E-state index in [1.807, 2.05) is 39.8 Å². The Bertz CT molecular complexity index is 243. The second-order valence-electron chi connectivity index (χ2n) is 5.90. The molecule has 3 heteroatoms. The zero-order valence-corrected chi connectivity index (χ0v) is 12.0. The van der Waals surface area contributed by atoms with Crippen LogP contribution in [-0.2, 0) is 9.53 Å². The van der Waals surface area contributed by atoms with Crippen LogP contribution in [0.2, 0.25) is 25.2 Å². The molecule has 2 nitrogen and oxygen atoms in total. The molecule has 1 unspecified atom stereocenters. The van der Waals surface area contributed by atoms with Crippen LogP contribution >= 0.6 is 0 Å². The smallest absolute Gasteiger partial charge is 0.310 e. The van der Waals surface area contributed by atoms with Gasteiger partial charge in [-0.1, -0.05) is 31.8 Å². The minimum absolute atomic E-state index is 0.0401. The Balaban J connectivity index is 4.74. The van der Waals surface area contributed by atoms with Gasteiger partial charge >= 0.3 is 5.97 Å². The van der Waals surface area contributed by atoms with Crippen molar-refractivity contribution >= 4 is 14.0 Å². The minimum Gasteiger partial charge on any atom is -0.460 e. The van der Waals surface area contributed by atoms with Gasteiger partial charge in [0, 0.05) is 0 Å². The van der Waals surface area contributed by atoms with Gasteiger partial charge in [-0.05, 0) is 27.7 Å². The lowest BCUT2D eigenvalue weighted by Gasteiger charge is -2.28. The van der Waals surface area contributed by atoms with E-state index in [0.29, 0.717) is 0 Å². The van der Waals surface area contributed by atoms with E-state index in [4.69, 9.17) is 4.74 Å². The first-order chi connectivity index (χ1) is 6.58. The third-order valence-corrected chi connectivity index (χ3v) is 4.27. The van der Waals surface area contributed by atoms with Crippen LogP contribution in [0.5, 0.6) is 0 Å². The molecule has 0 aliphatic carbocycles. The van der Waals surface area contributed by atoms with E-state index in [2.05, 4.69) is 19.6 Å². The molecule has 0 bridgehead atoms. The van der Waals surface area contributed by atoms with E-state index < -0.39 is 13.7 Å². The van der Waals surface area contributed by atoms with Gasteiger partial charge in [0.05, 0.1) is 13.6 Å². The molecule has 1 atom stereocenters. The molecule has 0 aromatic heterocycles. The fourth-order valence-corrected chi connectivity index (χ4v) is 2.81. The van der Waals surface area contributed by atoms with E-state index >= 15 is 0 Å². The van der Waals surface area contributed by atoms with Crippen LogP contribution in [-0.4, -0.2) is 19.6 Å². The molecule has 15 heavy (non-hydrogen) atoms. The number of allylic oxidation sites excluding steroid dienone is 1. The van der Waals surface area contributed by atoms with E-state index in [0.717, 1.165) is 0 Å². The summed E-state index contributed by atoms with van der Waals surface area (Å²) in [7, 11) is -1.53. The molecule has 0 aliphatic rings. The van der Waals surface area contributed by atoms with Crippen molar-refractivity contribution in [2.45, 2.75) is 58.5 Å².